The summed E-state index contributed by atoms with van der Waals surface area (Å²) in [6.45, 7) is 8.30. The molecular weight excluding hydrogens is 126 g/mol. The van der Waals surface area contributed by atoms with E-state index in [1.54, 1.807) is 0 Å². The van der Waals surface area contributed by atoms with Crippen molar-refractivity contribution >= 4 is 0 Å². The maximum Gasteiger partial charge on any atom is 0.0487 e. The molecule has 1 saturated heterocycles. The summed E-state index contributed by atoms with van der Waals surface area (Å²) in [5.41, 5.74) is 5.76. The van der Waals surface area contributed by atoms with E-state index in [1.807, 2.05) is 0 Å². The predicted octanol–water partition coefficient (Wildman–Crippen LogP) is -0.414. The first-order chi connectivity index (χ1) is 4.67. The summed E-state index contributed by atoms with van der Waals surface area (Å²) in [6, 6.07) is 0. The number of nitrogens with two attached hydrogens (primary N) is 1. The first kappa shape index (κ1) is 7.98. The summed E-state index contributed by atoms with van der Waals surface area (Å²) >= 11 is 0. The van der Waals surface area contributed by atoms with Crippen molar-refractivity contribution < 1.29 is 0 Å². The average molecular weight is 143 g/mol. The first-order valence-corrected chi connectivity index (χ1v) is 3.82. The van der Waals surface area contributed by atoms with Crippen LogP contribution in [0.2, 0.25) is 0 Å². The van der Waals surface area contributed by atoms with Crippen LogP contribution in [0.25, 0.3) is 0 Å². The maximum absolute atomic E-state index is 5.46. The third kappa shape index (κ3) is 1.48. The second-order valence-corrected chi connectivity index (χ2v) is 3.45. The molecule has 0 spiro atoms. The van der Waals surface area contributed by atoms with Gasteiger partial charge in [0, 0.05) is 31.8 Å². The fourth-order valence-electron chi connectivity index (χ4n) is 1.36. The Morgan fingerprint density at radius 2 is 2.30 bits per heavy atom. The number of hydrogen-bond acceptors (Lipinski definition) is 3. The Balaban J connectivity index is 2.43. The normalized spacial score (nSPS) is 25.5. The molecule has 3 N–H and O–H groups in total. The minimum Gasteiger partial charge on any atom is -0.329 e. The monoisotopic (exact) mass is 143 g/mol. The number of hydrogen-bond donors (Lipinski definition) is 2. The van der Waals surface area contributed by atoms with Gasteiger partial charge in [-0.1, -0.05) is 0 Å². The summed E-state index contributed by atoms with van der Waals surface area (Å²) in [6.07, 6.45) is 0. The quantitative estimate of drug-likeness (QED) is 0.552. The molecule has 0 aromatic carbocycles. The molecule has 0 saturated carbocycles. The Kier molecular flexibility index (Phi) is 2.28. The highest BCUT2D eigenvalue weighted by Crippen LogP contribution is 2.15. The van der Waals surface area contributed by atoms with Crippen molar-refractivity contribution in [3.63, 3.8) is 0 Å². The lowest BCUT2D eigenvalue weighted by atomic mass is 10.1. The van der Waals surface area contributed by atoms with Gasteiger partial charge in [-0.25, -0.2) is 0 Å². The van der Waals surface area contributed by atoms with Crippen LogP contribution >= 0.6 is 0 Å². The van der Waals surface area contributed by atoms with Crippen molar-refractivity contribution in [2.24, 2.45) is 5.73 Å². The van der Waals surface area contributed by atoms with Gasteiger partial charge in [0.25, 0.3) is 0 Å². The number of nitrogens with one attached hydrogen (secondary N) is 1. The summed E-state index contributed by atoms with van der Waals surface area (Å²) in [5.74, 6) is 0. The van der Waals surface area contributed by atoms with Crippen LogP contribution in [0, 0.1) is 0 Å². The summed E-state index contributed by atoms with van der Waals surface area (Å²) < 4.78 is 0. The van der Waals surface area contributed by atoms with Crippen molar-refractivity contribution in [1.82, 2.24) is 10.2 Å². The molecule has 0 aromatic heterocycles. The van der Waals surface area contributed by atoms with E-state index in [2.05, 4.69) is 24.1 Å². The zero-order chi connectivity index (χ0) is 7.61. The minimum absolute atomic E-state index is 0.305. The molecule has 60 valence electrons. The second-order valence-electron chi connectivity index (χ2n) is 3.45. The lowest BCUT2D eigenvalue weighted by Crippen LogP contribution is -2.42. The van der Waals surface area contributed by atoms with Crippen molar-refractivity contribution in [2.45, 2.75) is 19.4 Å². The van der Waals surface area contributed by atoms with Crippen LogP contribution in [0.3, 0.4) is 0 Å². The van der Waals surface area contributed by atoms with E-state index in [1.165, 1.54) is 0 Å². The third-order valence-corrected chi connectivity index (χ3v) is 2.12. The van der Waals surface area contributed by atoms with E-state index in [9.17, 15) is 0 Å². The highest BCUT2D eigenvalue weighted by molar-refractivity contribution is 4.88. The molecule has 0 aromatic rings. The maximum atomic E-state index is 5.46. The van der Waals surface area contributed by atoms with Crippen LogP contribution in [0.5, 0.6) is 0 Å². The molecule has 1 rings (SSSR count). The van der Waals surface area contributed by atoms with E-state index in [0.29, 0.717) is 5.54 Å². The molecular formula is C7H17N3. The fourth-order valence-corrected chi connectivity index (χ4v) is 1.36. The van der Waals surface area contributed by atoms with Gasteiger partial charge >= 0.3 is 0 Å². The lowest BCUT2D eigenvalue weighted by molar-refractivity contribution is 0.189. The van der Waals surface area contributed by atoms with Crippen LogP contribution < -0.4 is 11.1 Å². The first-order valence-electron chi connectivity index (χ1n) is 3.82. The van der Waals surface area contributed by atoms with Gasteiger partial charge in [0.1, 0.15) is 0 Å². The van der Waals surface area contributed by atoms with E-state index in [0.717, 1.165) is 26.3 Å². The van der Waals surface area contributed by atoms with Crippen LogP contribution in [-0.4, -0.2) is 36.7 Å². The molecule has 1 fully saturated rings. The zero-order valence-electron chi connectivity index (χ0n) is 6.85. The second kappa shape index (κ2) is 2.86. The average Bonchev–Trinajstić information content (AvgIpc) is 2.13. The number of nitrogens with zero attached hydrogens (tertiary/aromatic N) is 1. The molecule has 0 unspecified atom stereocenters. The topological polar surface area (TPSA) is 41.3 Å². The summed E-state index contributed by atoms with van der Waals surface area (Å²) in [5, 5.41) is 3.32. The lowest BCUT2D eigenvalue weighted by Gasteiger charge is -2.29. The summed E-state index contributed by atoms with van der Waals surface area (Å²) in [7, 11) is 0. The van der Waals surface area contributed by atoms with E-state index >= 15 is 0 Å². The molecule has 0 bridgehead atoms. The van der Waals surface area contributed by atoms with Crippen LogP contribution in [0.4, 0.5) is 0 Å². The highest BCUT2D eigenvalue weighted by Gasteiger charge is 2.30. The van der Waals surface area contributed by atoms with E-state index < -0.39 is 0 Å². The Morgan fingerprint density at radius 3 is 2.70 bits per heavy atom. The van der Waals surface area contributed by atoms with Gasteiger partial charge in [0.05, 0.1) is 0 Å². The van der Waals surface area contributed by atoms with Gasteiger partial charge < -0.3 is 11.1 Å². The molecule has 3 nitrogen and oxygen atoms in total. The standard InChI is InChI=1S/C7H17N3/c1-7(2)5-9-6-10(7)4-3-8/h9H,3-6,8H2,1-2H3. The Morgan fingerprint density at radius 1 is 1.60 bits per heavy atom. The van der Waals surface area contributed by atoms with Crippen molar-refractivity contribution in [1.29, 1.82) is 0 Å². The largest absolute Gasteiger partial charge is 0.329 e. The smallest absolute Gasteiger partial charge is 0.0487 e. The van der Waals surface area contributed by atoms with Crippen molar-refractivity contribution in [3.8, 4) is 0 Å². The van der Waals surface area contributed by atoms with Gasteiger partial charge in [-0.3, -0.25) is 4.90 Å². The molecule has 0 atom stereocenters. The molecule has 0 aliphatic carbocycles. The van der Waals surface area contributed by atoms with Crippen LogP contribution in [-0.2, 0) is 0 Å². The van der Waals surface area contributed by atoms with E-state index in [-0.39, 0.29) is 0 Å². The van der Waals surface area contributed by atoms with Gasteiger partial charge in [0.15, 0.2) is 0 Å². The predicted molar refractivity (Wildman–Crippen MR) is 42.7 cm³/mol. The van der Waals surface area contributed by atoms with Gasteiger partial charge in [-0.15, -0.1) is 0 Å². The fraction of sp³-hybridized carbons (Fsp3) is 1.00. The minimum atomic E-state index is 0.305. The van der Waals surface area contributed by atoms with Gasteiger partial charge in [-0.2, -0.15) is 0 Å². The number of rotatable bonds is 2. The van der Waals surface area contributed by atoms with E-state index in [4.69, 9.17) is 5.73 Å². The molecule has 1 aliphatic heterocycles. The summed E-state index contributed by atoms with van der Waals surface area (Å²) in [4.78, 5) is 2.37. The molecule has 10 heavy (non-hydrogen) atoms. The SMILES string of the molecule is CC1(C)CNCN1CCN. The molecule has 0 amide bonds. The van der Waals surface area contributed by atoms with Gasteiger partial charge in [-0.05, 0) is 13.8 Å². The van der Waals surface area contributed by atoms with Crippen LogP contribution in [0.15, 0.2) is 0 Å². The Labute approximate surface area is 62.6 Å². The van der Waals surface area contributed by atoms with Crippen LogP contribution in [0.1, 0.15) is 13.8 Å². The third-order valence-electron chi connectivity index (χ3n) is 2.12. The zero-order valence-corrected chi connectivity index (χ0v) is 6.85. The molecule has 3 heteroatoms. The Hall–Kier alpha value is -0.120. The highest BCUT2D eigenvalue weighted by atomic mass is 15.3. The van der Waals surface area contributed by atoms with Crippen molar-refractivity contribution in [2.75, 3.05) is 26.3 Å². The Bertz CT molecular complexity index is 111. The molecule has 0 radical (unpaired) electrons. The van der Waals surface area contributed by atoms with Gasteiger partial charge in [0.2, 0.25) is 0 Å². The van der Waals surface area contributed by atoms with Crippen molar-refractivity contribution in [3.05, 3.63) is 0 Å². The molecule has 1 aliphatic rings. The molecule has 1 heterocycles.